The summed E-state index contributed by atoms with van der Waals surface area (Å²) >= 11 is 3.05. The van der Waals surface area contributed by atoms with Crippen molar-refractivity contribution in [2.75, 3.05) is 19.5 Å². The Bertz CT molecular complexity index is 958. The van der Waals surface area contributed by atoms with E-state index in [1.54, 1.807) is 44.2 Å². The molecular weight excluding hydrogens is 394 g/mol. The second-order valence-electron chi connectivity index (χ2n) is 5.54. The first-order valence-electron chi connectivity index (χ1n) is 8.39. The summed E-state index contributed by atoms with van der Waals surface area (Å²) < 4.78 is 10.5. The van der Waals surface area contributed by atoms with Crippen molar-refractivity contribution in [3.05, 3.63) is 65.2 Å². The Hall–Kier alpha value is -2.84. The number of anilines is 1. The van der Waals surface area contributed by atoms with Gasteiger partial charge in [0, 0.05) is 11.0 Å². The molecule has 0 atom stereocenters. The van der Waals surface area contributed by atoms with Crippen molar-refractivity contribution in [3.8, 4) is 11.5 Å². The molecule has 3 aromatic rings. The first-order valence-corrected chi connectivity index (χ1v) is 10.2. The molecule has 0 saturated heterocycles. The van der Waals surface area contributed by atoms with Gasteiger partial charge in [-0.05, 0) is 35.9 Å². The summed E-state index contributed by atoms with van der Waals surface area (Å²) in [6.07, 6.45) is 3.14. The van der Waals surface area contributed by atoms with Crippen LogP contribution in [0.25, 0.3) is 6.08 Å². The Morgan fingerprint density at radius 2 is 1.89 bits per heavy atom. The first kappa shape index (κ1) is 19.9. The van der Waals surface area contributed by atoms with E-state index in [0.29, 0.717) is 22.4 Å². The molecule has 0 fully saturated rings. The van der Waals surface area contributed by atoms with E-state index in [2.05, 4.69) is 15.5 Å². The molecule has 0 spiro atoms. The summed E-state index contributed by atoms with van der Waals surface area (Å²) in [5, 5.41) is 12.2. The van der Waals surface area contributed by atoms with E-state index in [1.807, 2.05) is 36.4 Å². The molecule has 2 aromatic carbocycles. The summed E-state index contributed by atoms with van der Waals surface area (Å²) in [5.41, 5.74) is 0.824. The van der Waals surface area contributed by atoms with Crippen LogP contribution in [0.1, 0.15) is 10.6 Å². The smallest absolute Gasteiger partial charge is 0.250 e. The average molecular weight is 414 g/mol. The van der Waals surface area contributed by atoms with Crippen LogP contribution in [0.15, 0.2) is 59.5 Å². The zero-order valence-corrected chi connectivity index (χ0v) is 17.0. The van der Waals surface area contributed by atoms with Gasteiger partial charge in [0.1, 0.15) is 5.01 Å². The number of thioether (sulfide) groups is 1. The molecule has 0 bridgehead atoms. The number of carbonyl (C=O) groups is 1. The van der Waals surface area contributed by atoms with Crippen LogP contribution < -0.4 is 14.8 Å². The number of nitrogens with one attached hydrogen (secondary N) is 1. The fraction of sp³-hybridized carbons (Fsp3) is 0.150. The lowest BCUT2D eigenvalue weighted by Gasteiger charge is -2.07. The topological polar surface area (TPSA) is 73.3 Å². The first-order chi connectivity index (χ1) is 13.7. The highest BCUT2D eigenvalue weighted by molar-refractivity contribution is 7.98. The molecule has 8 heteroatoms. The van der Waals surface area contributed by atoms with Crippen molar-refractivity contribution in [2.45, 2.75) is 10.6 Å². The Kier molecular flexibility index (Phi) is 7.05. The van der Waals surface area contributed by atoms with Gasteiger partial charge in [0.05, 0.1) is 20.0 Å². The molecule has 1 N–H and O–H groups in total. The molecule has 0 unspecified atom stereocenters. The van der Waals surface area contributed by atoms with Crippen molar-refractivity contribution in [3.63, 3.8) is 0 Å². The molecule has 1 heterocycles. The highest BCUT2D eigenvalue weighted by Crippen LogP contribution is 2.28. The summed E-state index contributed by atoms with van der Waals surface area (Å²) in [6, 6.07) is 15.5. The molecule has 0 aliphatic carbocycles. The molecule has 1 aromatic heterocycles. The molecule has 0 aliphatic rings. The minimum Gasteiger partial charge on any atom is -0.493 e. The summed E-state index contributed by atoms with van der Waals surface area (Å²) in [4.78, 5) is 13.3. The molecule has 0 aliphatic heterocycles. The maximum atomic E-state index is 12.1. The highest BCUT2D eigenvalue weighted by atomic mass is 32.2. The third-order valence-corrected chi connectivity index (χ3v) is 5.68. The predicted octanol–water partition coefficient (Wildman–Crippen LogP) is 4.50. The monoisotopic (exact) mass is 413 g/mol. The number of rotatable bonds is 8. The van der Waals surface area contributed by atoms with E-state index in [1.165, 1.54) is 22.3 Å². The number of aromatic nitrogens is 2. The van der Waals surface area contributed by atoms with Gasteiger partial charge in [-0.2, -0.15) is 0 Å². The van der Waals surface area contributed by atoms with E-state index in [-0.39, 0.29) is 5.91 Å². The van der Waals surface area contributed by atoms with E-state index < -0.39 is 0 Å². The van der Waals surface area contributed by atoms with Gasteiger partial charge in [0.15, 0.2) is 11.5 Å². The summed E-state index contributed by atoms with van der Waals surface area (Å²) in [5.74, 6) is 1.68. The average Bonchev–Trinajstić information content (AvgIpc) is 3.18. The van der Waals surface area contributed by atoms with Crippen molar-refractivity contribution in [1.82, 2.24) is 10.2 Å². The van der Waals surface area contributed by atoms with Crippen LogP contribution in [0.3, 0.4) is 0 Å². The lowest BCUT2D eigenvalue weighted by Crippen LogP contribution is -2.07. The molecular formula is C20H19N3O3S2. The van der Waals surface area contributed by atoms with Crippen LogP contribution in [0.5, 0.6) is 11.5 Å². The minimum atomic E-state index is -0.270. The molecule has 3 rings (SSSR count). The predicted molar refractivity (Wildman–Crippen MR) is 113 cm³/mol. The van der Waals surface area contributed by atoms with Crippen LogP contribution in [-0.4, -0.2) is 30.3 Å². The van der Waals surface area contributed by atoms with Crippen molar-refractivity contribution < 1.29 is 14.3 Å². The zero-order valence-electron chi connectivity index (χ0n) is 15.4. The highest BCUT2D eigenvalue weighted by Gasteiger charge is 2.07. The second-order valence-corrected chi connectivity index (χ2v) is 7.65. The van der Waals surface area contributed by atoms with Gasteiger partial charge >= 0.3 is 0 Å². The Morgan fingerprint density at radius 1 is 1.11 bits per heavy atom. The third kappa shape index (κ3) is 5.58. The van der Waals surface area contributed by atoms with Crippen LogP contribution >= 0.6 is 23.1 Å². The van der Waals surface area contributed by atoms with Gasteiger partial charge in [-0.3, -0.25) is 10.1 Å². The normalized spacial score (nSPS) is 10.8. The summed E-state index contributed by atoms with van der Waals surface area (Å²) in [7, 11) is 3.15. The fourth-order valence-electron chi connectivity index (χ4n) is 2.30. The SMILES string of the molecule is COc1ccc(/C=C/C(=O)Nc2nnc(CSc3ccccc3)s2)cc1OC. The quantitative estimate of drug-likeness (QED) is 0.433. The van der Waals surface area contributed by atoms with Gasteiger partial charge in [-0.25, -0.2) is 0 Å². The van der Waals surface area contributed by atoms with E-state index in [4.69, 9.17) is 9.47 Å². The van der Waals surface area contributed by atoms with Gasteiger partial charge in [-0.1, -0.05) is 35.6 Å². The molecule has 0 saturated carbocycles. The Labute approximate surface area is 171 Å². The van der Waals surface area contributed by atoms with Gasteiger partial charge < -0.3 is 9.47 Å². The molecule has 6 nitrogen and oxygen atoms in total. The molecule has 1 amide bonds. The van der Waals surface area contributed by atoms with E-state index >= 15 is 0 Å². The minimum absolute atomic E-state index is 0.270. The van der Waals surface area contributed by atoms with E-state index in [9.17, 15) is 4.79 Å². The molecule has 144 valence electrons. The summed E-state index contributed by atoms with van der Waals surface area (Å²) in [6.45, 7) is 0. The number of amides is 1. The number of ether oxygens (including phenoxy) is 2. The van der Waals surface area contributed by atoms with Gasteiger partial charge in [-0.15, -0.1) is 22.0 Å². The second kappa shape index (κ2) is 9.91. The number of benzene rings is 2. The van der Waals surface area contributed by atoms with Crippen LogP contribution in [-0.2, 0) is 10.5 Å². The van der Waals surface area contributed by atoms with Crippen LogP contribution in [0.2, 0.25) is 0 Å². The number of hydrogen-bond acceptors (Lipinski definition) is 7. The largest absolute Gasteiger partial charge is 0.493 e. The van der Waals surface area contributed by atoms with Crippen molar-refractivity contribution in [2.24, 2.45) is 0 Å². The van der Waals surface area contributed by atoms with Crippen LogP contribution in [0.4, 0.5) is 5.13 Å². The molecule has 28 heavy (non-hydrogen) atoms. The number of nitrogens with zero attached hydrogens (tertiary/aromatic N) is 2. The Balaban J connectivity index is 1.55. The standard InChI is InChI=1S/C20H19N3O3S2/c1-25-16-10-8-14(12-17(16)26-2)9-11-18(24)21-20-23-22-19(28-20)13-27-15-6-4-3-5-7-15/h3-12H,13H2,1-2H3,(H,21,23,24)/b11-9+. The van der Waals surface area contributed by atoms with E-state index in [0.717, 1.165) is 10.6 Å². The van der Waals surface area contributed by atoms with Crippen molar-refractivity contribution >= 4 is 40.2 Å². The molecule has 0 radical (unpaired) electrons. The van der Waals surface area contributed by atoms with Gasteiger partial charge in [0.25, 0.3) is 0 Å². The third-order valence-electron chi connectivity index (χ3n) is 3.64. The van der Waals surface area contributed by atoms with Crippen molar-refractivity contribution in [1.29, 1.82) is 0 Å². The lowest BCUT2D eigenvalue weighted by molar-refractivity contribution is -0.111. The maximum Gasteiger partial charge on any atom is 0.250 e. The number of carbonyl (C=O) groups excluding carboxylic acids is 1. The lowest BCUT2D eigenvalue weighted by atomic mass is 10.2. The Morgan fingerprint density at radius 3 is 2.64 bits per heavy atom. The fourth-order valence-corrected chi connectivity index (χ4v) is 3.95. The number of hydrogen-bond donors (Lipinski definition) is 1. The van der Waals surface area contributed by atoms with Crippen LogP contribution in [0, 0.1) is 0 Å². The maximum absolute atomic E-state index is 12.1. The number of methoxy groups -OCH3 is 2. The zero-order chi connectivity index (χ0) is 19.8. The van der Waals surface area contributed by atoms with Gasteiger partial charge in [0.2, 0.25) is 11.0 Å².